The van der Waals surface area contributed by atoms with E-state index in [0.717, 1.165) is 16.5 Å². The molecule has 0 radical (unpaired) electrons. The molecule has 4 aromatic rings. The molecule has 42 heavy (non-hydrogen) atoms. The highest BCUT2D eigenvalue weighted by Gasteiger charge is 2.18. The van der Waals surface area contributed by atoms with Gasteiger partial charge in [0.1, 0.15) is 20.8 Å². The van der Waals surface area contributed by atoms with Crippen molar-refractivity contribution in [2.45, 2.75) is 13.2 Å². The Balaban J connectivity index is 0.000000260. The molecule has 11 heteroatoms. The molecule has 4 rings (SSSR count). The summed E-state index contributed by atoms with van der Waals surface area (Å²) >= 11 is 0. The summed E-state index contributed by atoms with van der Waals surface area (Å²) in [5.74, 6) is -0.172. The van der Waals surface area contributed by atoms with E-state index in [0.29, 0.717) is 22.6 Å². The van der Waals surface area contributed by atoms with Gasteiger partial charge in [0, 0.05) is 36.7 Å². The highest BCUT2D eigenvalue weighted by Crippen LogP contribution is 2.19. The monoisotopic (exact) mass is 571 g/mol. The van der Waals surface area contributed by atoms with Gasteiger partial charge in [-0.25, -0.2) is 4.98 Å². The minimum Gasteiger partial charge on any atom is -0.473 e. The number of likely N-dealkylation sites (N-methyl/N-ethyl adjacent to an activating group) is 2. The number of aliphatic hydroxyl groups excluding tert-OH is 1. The molecule has 3 aromatic carbocycles. The Labute approximate surface area is 243 Å². The van der Waals surface area contributed by atoms with Crippen LogP contribution in [-0.2, 0) is 32.5 Å². The third kappa shape index (κ3) is 8.12. The lowest BCUT2D eigenvalue weighted by molar-refractivity contribution is -0.115. The molecule has 0 spiro atoms. The maximum atomic E-state index is 12.1. The third-order valence-electron chi connectivity index (χ3n) is 5.91. The van der Waals surface area contributed by atoms with Gasteiger partial charge in [0.15, 0.2) is 11.4 Å². The molecule has 0 bridgehead atoms. The predicted molar refractivity (Wildman–Crippen MR) is 160 cm³/mol. The second-order valence-electron chi connectivity index (χ2n) is 8.51. The molecule has 0 saturated heterocycles. The van der Waals surface area contributed by atoms with Crippen LogP contribution in [0.4, 0.5) is 0 Å². The van der Waals surface area contributed by atoms with Crippen molar-refractivity contribution in [3.63, 3.8) is 0 Å². The average molecular weight is 572 g/mol. The van der Waals surface area contributed by atoms with Crippen molar-refractivity contribution in [3.05, 3.63) is 107 Å². The van der Waals surface area contributed by atoms with E-state index < -0.39 is 0 Å². The number of nitrogens with one attached hydrogen (secondary N) is 2. The lowest BCUT2D eigenvalue weighted by atomic mass is 10.0. The standard InChI is InChI=1S/C20H19N3O3.C11H14N2O3/c1-21-20(24)19(23-25-2)16-9-5-3-8-15(16)13-26-18-12-11-14-7-4-6-10-17(14)22-18;1-12-11(15)10(13-16-2)9-6-4-3-5-8(9)7-14/h3-12H,13H2,1-2H3,(H,21,24);3-6,14H,7H2,1-2H3,(H,12,15). The van der Waals surface area contributed by atoms with E-state index in [1.807, 2.05) is 54.6 Å². The Morgan fingerprint density at radius 2 is 1.26 bits per heavy atom. The van der Waals surface area contributed by atoms with Crippen molar-refractivity contribution in [1.29, 1.82) is 0 Å². The number of aliphatic hydroxyl groups is 1. The molecule has 1 aromatic heterocycles. The summed E-state index contributed by atoms with van der Waals surface area (Å²) < 4.78 is 5.84. The number of pyridine rings is 1. The fourth-order valence-corrected chi connectivity index (χ4v) is 3.89. The Hall–Kier alpha value is -5.29. The number of benzene rings is 3. The fraction of sp³-hybridized carbons (Fsp3) is 0.194. The summed E-state index contributed by atoms with van der Waals surface area (Å²) in [4.78, 5) is 37.6. The van der Waals surface area contributed by atoms with Crippen LogP contribution < -0.4 is 15.4 Å². The number of fused-ring (bicyclic) bond motifs is 1. The molecular formula is C31H33N5O6. The molecule has 0 unspecified atom stereocenters. The summed E-state index contributed by atoms with van der Waals surface area (Å²) in [6.45, 7) is 0.0944. The van der Waals surface area contributed by atoms with E-state index in [-0.39, 0.29) is 36.5 Å². The van der Waals surface area contributed by atoms with Crippen LogP contribution in [0.1, 0.15) is 22.3 Å². The van der Waals surface area contributed by atoms with Crippen molar-refractivity contribution in [3.8, 4) is 5.88 Å². The molecule has 0 fully saturated rings. The first-order chi connectivity index (χ1) is 20.5. The number of hydrogen-bond acceptors (Lipinski definition) is 9. The van der Waals surface area contributed by atoms with Gasteiger partial charge in [-0.15, -0.1) is 0 Å². The van der Waals surface area contributed by atoms with E-state index in [4.69, 9.17) is 14.7 Å². The smallest absolute Gasteiger partial charge is 0.273 e. The SMILES string of the molecule is CNC(=O)C(=NOC)c1ccccc1CO.CNC(=O)C(=NOC)c1ccccc1COc1ccc2ccccc2n1. The number of ether oxygens (including phenoxy) is 1. The van der Waals surface area contributed by atoms with Crippen molar-refractivity contribution in [2.24, 2.45) is 10.3 Å². The molecule has 218 valence electrons. The molecule has 3 N–H and O–H groups in total. The highest BCUT2D eigenvalue weighted by atomic mass is 16.6. The van der Waals surface area contributed by atoms with Crippen molar-refractivity contribution in [2.75, 3.05) is 28.3 Å². The van der Waals surface area contributed by atoms with Gasteiger partial charge in [-0.05, 0) is 23.3 Å². The largest absolute Gasteiger partial charge is 0.473 e. The van der Waals surface area contributed by atoms with Crippen LogP contribution in [0.3, 0.4) is 0 Å². The maximum absolute atomic E-state index is 12.1. The van der Waals surface area contributed by atoms with Crippen molar-refractivity contribution >= 4 is 34.1 Å². The zero-order chi connectivity index (χ0) is 30.3. The Kier molecular flexibility index (Phi) is 12.0. The van der Waals surface area contributed by atoms with Crippen molar-refractivity contribution in [1.82, 2.24) is 15.6 Å². The highest BCUT2D eigenvalue weighted by molar-refractivity contribution is 6.46. The normalized spacial score (nSPS) is 11.2. The number of oxime groups is 2. The van der Waals surface area contributed by atoms with Crippen LogP contribution in [0.25, 0.3) is 10.9 Å². The number of rotatable bonds is 10. The summed E-state index contributed by atoms with van der Waals surface area (Å²) in [6, 6.07) is 26.0. The predicted octanol–water partition coefficient (Wildman–Crippen LogP) is 3.19. The van der Waals surface area contributed by atoms with E-state index in [2.05, 4.69) is 30.8 Å². The number of carbonyl (C=O) groups is 2. The summed E-state index contributed by atoms with van der Waals surface area (Å²) in [6.07, 6.45) is 0. The first-order valence-corrected chi connectivity index (χ1v) is 12.9. The molecular weight excluding hydrogens is 538 g/mol. The van der Waals surface area contributed by atoms with E-state index in [9.17, 15) is 9.59 Å². The number of para-hydroxylation sites is 1. The van der Waals surface area contributed by atoms with Crippen LogP contribution in [0, 0.1) is 0 Å². The molecule has 0 saturated carbocycles. The number of hydrogen-bond donors (Lipinski definition) is 3. The lowest BCUT2D eigenvalue weighted by Crippen LogP contribution is -2.29. The van der Waals surface area contributed by atoms with Gasteiger partial charge in [0.25, 0.3) is 11.8 Å². The van der Waals surface area contributed by atoms with E-state index in [1.165, 1.54) is 21.3 Å². The van der Waals surface area contributed by atoms with Crippen LogP contribution in [0.5, 0.6) is 5.88 Å². The number of carbonyl (C=O) groups excluding carboxylic acids is 2. The summed E-state index contributed by atoms with van der Waals surface area (Å²) in [7, 11) is 5.83. The van der Waals surface area contributed by atoms with E-state index >= 15 is 0 Å². The molecule has 0 atom stereocenters. The Morgan fingerprint density at radius 3 is 1.83 bits per heavy atom. The van der Waals surface area contributed by atoms with Crippen molar-refractivity contribution < 1.29 is 29.1 Å². The van der Waals surface area contributed by atoms with Crippen LogP contribution in [-0.4, -0.2) is 61.6 Å². The fourth-order valence-electron chi connectivity index (χ4n) is 3.89. The average Bonchev–Trinajstić information content (AvgIpc) is 3.04. The van der Waals surface area contributed by atoms with Gasteiger partial charge < -0.3 is 30.2 Å². The van der Waals surface area contributed by atoms with E-state index in [1.54, 1.807) is 37.4 Å². The Bertz CT molecular complexity index is 1570. The number of amides is 2. The lowest BCUT2D eigenvalue weighted by Gasteiger charge is -2.12. The van der Waals surface area contributed by atoms with Crippen LogP contribution in [0.15, 0.2) is 95.2 Å². The summed E-state index contributed by atoms with van der Waals surface area (Å²) in [5, 5.41) is 22.8. The molecule has 11 nitrogen and oxygen atoms in total. The minimum atomic E-state index is -0.359. The molecule has 0 aliphatic carbocycles. The molecule has 1 heterocycles. The number of nitrogens with zero attached hydrogens (tertiary/aromatic N) is 3. The molecule has 0 aliphatic rings. The van der Waals surface area contributed by atoms with Crippen LogP contribution in [0.2, 0.25) is 0 Å². The van der Waals surface area contributed by atoms with Gasteiger partial charge in [0.2, 0.25) is 5.88 Å². The van der Waals surface area contributed by atoms with Gasteiger partial charge in [-0.3, -0.25) is 9.59 Å². The second kappa shape index (κ2) is 16.1. The second-order valence-corrected chi connectivity index (χ2v) is 8.51. The first kappa shape index (κ1) is 31.2. The topological polar surface area (TPSA) is 144 Å². The van der Waals surface area contributed by atoms with Crippen LogP contribution >= 0.6 is 0 Å². The van der Waals surface area contributed by atoms with Gasteiger partial charge >= 0.3 is 0 Å². The van der Waals surface area contributed by atoms with Gasteiger partial charge in [-0.2, -0.15) is 0 Å². The zero-order valence-electron chi connectivity index (χ0n) is 23.8. The Morgan fingerprint density at radius 1 is 0.738 bits per heavy atom. The third-order valence-corrected chi connectivity index (χ3v) is 5.91. The zero-order valence-corrected chi connectivity index (χ0v) is 23.8. The molecule has 2 amide bonds. The van der Waals surface area contributed by atoms with Gasteiger partial charge in [0.05, 0.1) is 12.1 Å². The number of aromatic nitrogens is 1. The van der Waals surface area contributed by atoms with Gasteiger partial charge in [-0.1, -0.05) is 77.0 Å². The first-order valence-electron chi connectivity index (χ1n) is 12.9. The quantitative estimate of drug-likeness (QED) is 0.196. The molecule has 0 aliphatic heterocycles. The maximum Gasteiger partial charge on any atom is 0.273 e. The minimum absolute atomic E-state index is 0.148. The summed E-state index contributed by atoms with van der Waals surface area (Å²) in [5.41, 5.74) is 3.85.